The lowest BCUT2D eigenvalue weighted by atomic mass is 9.94. The zero-order valence-corrected chi connectivity index (χ0v) is 12.1. The van der Waals surface area contributed by atoms with E-state index in [4.69, 9.17) is 18.0 Å². The number of aryl methyl sites for hydroxylation is 1. The third kappa shape index (κ3) is 3.62. The van der Waals surface area contributed by atoms with Crippen LogP contribution in [0.1, 0.15) is 32.3 Å². The smallest absolute Gasteiger partial charge is 0.320 e. The molecule has 19 heavy (non-hydrogen) atoms. The molecule has 0 saturated carbocycles. The molecular formula is C14H18ClN3O. The number of terminal acetylenes is 1. The molecule has 0 atom stereocenters. The summed E-state index contributed by atoms with van der Waals surface area (Å²) in [7, 11) is 0. The standard InChI is InChI=1S/C14H18ClN3O/c1-5-14(6-2,7-3)18-13(19)17-11-10(4)8-9-16-12(11)15/h1,8-9H,6-7H2,2-4H3,(H2,17,18,19). The number of hydrogen-bond acceptors (Lipinski definition) is 2. The van der Waals surface area contributed by atoms with E-state index < -0.39 is 5.54 Å². The molecule has 1 aromatic heterocycles. The lowest BCUT2D eigenvalue weighted by Crippen LogP contribution is -2.48. The van der Waals surface area contributed by atoms with Crippen LogP contribution in [0.15, 0.2) is 12.3 Å². The molecule has 0 bridgehead atoms. The lowest BCUT2D eigenvalue weighted by molar-refractivity contribution is 0.242. The maximum absolute atomic E-state index is 12.0. The summed E-state index contributed by atoms with van der Waals surface area (Å²) in [5.41, 5.74) is 0.710. The Labute approximate surface area is 118 Å². The van der Waals surface area contributed by atoms with Crippen molar-refractivity contribution in [2.24, 2.45) is 0 Å². The Morgan fingerprint density at radius 2 is 2.16 bits per heavy atom. The summed E-state index contributed by atoms with van der Waals surface area (Å²) in [6, 6.07) is 1.40. The first-order valence-electron chi connectivity index (χ1n) is 6.16. The van der Waals surface area contributed by atoms with Gasteiger partial charge in [0.2, 0.25) is 0 Å². The monoisotopic (exact) mass is 279 g/mol. The second-order valence-electron chi connectivity index (χ2n) is 4.31. The topological polar surface area (TPSA) is 54.0 Å². The summed E-state index contributed by atoms with van der Waals surface area (Å²) in [5, 5.41) is 5.77. The largest absolute Gasteiger partial charge is 0.322 e. The lowest BCUT2D eigenvalue weighted by Gasteiger charge is -2.27. The minimum Gasteiger partial charge on any atom is -0.322 e. The average molecular weight is 280 g/mol. The van der Waals surface area contributed by atoms with Crippen LogP contribution in [0.2, 0.25) is 5.15 Å². The molecule has 0 spiro atoms. The van der Waals surface area contributed by atoms with E-state index in [1.807, 2.05) is 20.8 Å². The van der Waals surface area contributed by atoms with Crippen molar-refractivity contribution in [3.8, 4) is 12.3 Å². The van der Waals surface area contributed by atoms with Gasteiger partial charge in [-0.2, -0.15) is 0 Å². The number of hydrogen-bond donors (Lipinski definition) is 2. The van der Waals surface area contributed by atoms with Gasteiger partial charge in [-0.3, -0.25) is 0 Å². The molecule has 0 radical (unpaired) electrons. The Bertz CT molecular complexity index is 484. The molecule has 4 nitrogen and oxygen atoms in total. The number of aromatic nitrogens is 1. The van der Waals surface area contributed by atoms with E-state index in [1.165, 1.54) is 0 Å². The summed E-state index contributed by atoms with van der Waals surface area (Å²) in [6.45, 7) is 5.72. The fraction of sp³-hybridized carbons (Fsp3) is 0.429. The molecule has 2 amide bonds. The van der Waals surface area contributed by atoms with Gasteiger partial charge in [0.1, 0.15) is 5.54 Å². The van der Waals surface area contributed by atoms with Gasteiger partial charge in [0.15, 0.2) is 5.15 Å². The highest BCUT2D eigenvalue weighted by molar-refractivity contribution is 6.32. The maximum Gasteiger partial charge on any atom is 0.320 e. The van der Waals surface area contributed by atoms with Crippen LogP contribution in [0.25, 0.3) is 0 Å². The van der Waals surface area contributed by atoms with E-state index in [1.54, 1.807) is 12.3 Å². The Morgan fingerprint density at radius 3 is 2.63 bits per heavy atom. The number of carbonyl (C=O) groups excluding carboxylic acids is 1. The molecule has 0 aliphatic heterocycles. The highest BCUT2D eigenvalue weighted by Gasteiger charge is 2.25. The van der Waals surface area contributed by atoms with Gasteiger partial charge in [-0.1, -0.05) is 31.4 Å². The maximum atomic E-state index is 12.0. The molecule has 0 saturated heterocycles. The third-order valence-corrected chi connectivity index (χ3v) is 3.47. The second kappa shape index (κ2) is 6.44. The molecule has 2 N–H and O–H groups in total. The highest BCUT2D eigenvalue weighted by Crippen LogP contribution is 2.23. The summed E-state index contributed by atoms with van der Waals surface area (Å²) in [6.07, 6.45) is 8.41. The van der Waals surface area contributed by atoms with E-state index in [2.05, 4.69) is 21.5 Å². The third-order valence-electron chi connectivity index (χ3n) is 3.19. The van der Waals surface area contributed by atoms with Crippen molar-refractivity contribution in [3.05, 3.63) is 23.0 Å². The molecule has 0 unspecified atom stereocenters. The number of amides is 2. The van der Waals surface area contributed by atoms with Crippen molar-refractivity contribution in [2.45, 2.75) is 39.2 Å². The van der Waals surface area contributed by atoms with Crippen LogP contribution in [-0.4, -0.2) is 16.6 Å². The van der Waals surface area contributed by atoms with Crippen LogP contribution in [0.4, 0.5) is 10.5 Å². The van der Waals surface area contributed by atoms with E-state index in [9.17, 15) is 4.79 Å². The normalized spacial score (nSPS) is 10.7. The zero-order chi connectivity index (χ0) is 14.5. The van der Waals surface area contributed by atoms with E-state index in [0.717, 1.165) is 5.56 Å². The van der Waals surface area contributed by atoms with Crippen molar-refractivity contribution in [1.29, 1.82) is 0 Å². The Hall–Kier alpha value is -1.73. The van der Waals surface area contributed by atoms with Crippen LogP contribution in [0.3, 0.4) is 0 Å². The van der Waals surface area contributed by atoms with Crippen LogP contribution in [-0.2, 0) is 0 Å². The quantitative estimate of drug-likeness (QED) is 0.656. The number of rotatable bonds is 4. The number of anilines is 1. The molecule has 0 aromatic carbocycles. The number of carbonyl (C=O) groups is 1. The van der Waals surface area contributed by atoms with Crippen molar-refractivity contribution in [3.63, 3.8) is 0 Å². The first kappa shape index (κ1) is 15.3. The number of pyridine rings is 1. The summed E-state index contributed by atoms with van der Waals surface area (Å²) >= 11 is 5.95. The molecule has 102 valence electrons. The molecular weight excluding hydrogens is 262 g/mol. The molecule has 0 aliphatic carbocycles. The predicted molar refractivity (Wildman–Crippen MR) is 78.3 cm³/mol. The minimum atomic E-state index is -0.632. The average Bonchev–Trinajstić information content (AvgIpc) is 2.41. The Kier molecular flexibility index (Phi) is 5.20. The molecule has 5 heteroatoms. The van der Waals surface area contributed by atoms with Crippen LogP contribution < -0.4 is 10.6 Å². The van der Waals surface area contributed by atoms with Gasteiger partial charge in [-0.15, -0.1) is 6.42 Å². The summed E-state index contributed by atoms with van der Waals surface area (Å²) < 4.78 is 0. The number of nitrogens with one attached hydrogen (secondary N) is 2. The van der Waals surface area contributed by atoms with Gasteiger partial charge in [0.25, 0.3) is 0 Å². The highest BCUT2D eigenvalue weighted by atomic mass is 35.5. The first-order valence-corrected chi connectivity index (χ1v) is 6.53. The van der Waals surface area contributed by atoms with E-state index >= 15 is 0 Å². The van der Waals surface area contributed by atoms with Crippen LogP contribution in [0.5, 0.6) is 0 Å². The summed E-state index contributed by atoms with van der Waals surface area (Å²) in [4.78, 5) is 15.9. The molecule has 1 heterocycles. The fourth-order valence-electron chi connectivity index (χ4n) is 1.70. The predicted octanol–water partition coefficient (Wildman–Crippen LogP) is 3.36. The van der Waals surface area contributed by atoms with Gasteiger partial charge in [0, 0.05) is 6.20 Å². The van der Waals surface area contributed by atoms with Crippen molar-refractivity contribution in [1.82, 2.24) is 10.3 Å². The number of halogens is 1. The van der Waals surface area contributed by atoms with Crippen molar-refractivity contribution >= 4 is 23.3 Å². The van der Waals surface area contributed by atoms with Crippen LogP contribution >= 0.6 is 11.6 Å². The first-order chi connectivity index (χ1) is 8.98. The van der Waals surface area contributed by atoms with E-state index in [0.29, 0.717) is 18.5 Å². The molecule has 1 rings (SSSR count). The van der Waals surface area contributed by atoms with Crippen molar-refractivity contribution < 1.29 is 4.79 Å². The van der Waals surface area contributed by atoms with Crippen molar-refractivity contribution in [2.75, 3.05) is 5.32 Å². The Morgan fingerprint density at radius 1 is 1.53 bits per heavy atom. The number of urea groups is 1. The van der Waals surface area contributed by atoms with Crippen LogP contribution in [0, 0.1) is 19.3 Å². The minimum absolute atomic E-state index is 0.259. The fourth-order valence-corrected chi connectivity index (χ4v) is 1.96. The van der Waals surface area contributed by atoms with Gasteiger partial charge in [0.05, 0.1) is 5.69 Å². The SMILES string of the molecule is C#CC(CC)(CC)NC(=O)Nc1c(C)ccnc1Cl. The second-order valence-corrected chi connectivity index (χ2v) is 4.66. The Balaban J connectivity index is 2.84. The zero-order valence-electron chi connectivity index (χ0n) is 11.4. The van der Waals surface area contributed by atoms with E-state index in [-0.39, 0.29) is 11.2 Å². The molecule has 0 fully saturated rings. The van der Waals surface area contributed by atoms with Gasteiger partial charge >= 0.3 is 6.03 Å². The van der Waals surface area contributed by atoms with Gasteiger partial charge < -0.3 is 10.6 Å². The van der Waals surface area contributed by atoms with Gasteiger partial charge in [-0.25, -0.2) is 9.78 Å². The summed E-state index contributed by atoms with van der Waals surface area (Å²) in [5.74, 6) is 2.64. The van der Waals surface area contributed by atoms with Gasteiger partial charge in [-0.05, 0) is 31.4 Å². The number of nitrogens with zero attached hydrogens (tertiary/aromatic N) is 1. The molecule has 1 aromatic rings. The molecule has 0 aliphatic rings.